The minimum atomic E-state index is -0.538. The summed E-state index contributed by atoms with van der Waals surface area (Å²) in [6.45, 7) is 3.19. The van der Waals surface area contributed by atoms with Crippen LogP contribution in [0.25, 0.3) is 10.8 Å². The zero-order valence-electron chi connectivity index (χ0n) is 9.07. The van der Waals surface area contributed by atoms with E-state index in [2.05, 4.69) is 30.4 Å². The Morgan fingerprint density at radius 1 is 1.06 bits per heavy atom. The maximum absolute atomic E-state index is 12.1. The van der Waals surface area contributed by atoms with Gasteiger partial charge < -0.3 is 0 Å². The molecule has 0 unspecified atom stereocenters. The predicted molar refractivity (Wildman–Crippen MR) is 61.1 cm³/mol. The van der Waals surface area contributed by atoms with E-state index in [-0.39, 0.29) is 16.1 Å². The first kappa shape index (κ1) is 11.8. The fourth-order valence-electron chi connectivity index (χ4n) is 1.72. The van der Waals surface area contributed by atoms with Gasteiger partial charge in [0.25, 0.3) is 0 Å². The maximum atomic E-state index is 12.1. The fourth-order valence-corrected chi connectivity index (χ4v) is 2.08. The van der Waals surface area contributed by atoms with E-state index in [0.29, 0.717) is 11.4 Å². The second-order valence-corrected chi connectivity index (χ2v) is 3.98. The Balaban J connectivity index is 3.42. The number of hydrogen-bond acceptors (Lipinski definition) is 6. The molecule has 85 valence electrons. The Morgan fingerprint density at radius 2 is 1.53 bits per heavy atom. The minimum absolute atomic E-state index is 0.167. The van der Waals surface area contributed by atoms with Crippen LogP contribution in [0.3, 0.4) is 0 Å². The van der Waals surface area contributed by atoms with Crippen LogP contribution in [0, 0.1) is 19.3 Å². The normalized spacial score (nSPS) is 12.2. The standard InChI is InChI=1S/C10H7N4O2Se/c1-3-5-6(4(2)13-12-3)10(16)8(14-17)7(11)9(5)15/h11H,1-2H3/b11-7?,14-8+. The van der Waals surface area contributed by atoms with E-state index >= 15 is 0 Å². The van der Waals surface area contributed by atoms with Gasteiger partial charge in [0.05, 0.1) is 0 Å². The zero-order valence-corrected chi connectivity index (χ0v) is 10.8. The third kappa shape index (κ3) is 1.55. The van der Waals surface area contributed by atoms with Gasteiger partial charge in [0.1, 0.15) is 0 Å². The first-order chi connectivity index (χ1) is 7.99. The molecule has 0 fully saturated rings. The van der Waals surface area contributed by atoms with E-state index in [1.54, 1.807) is 13.8 Å². The summed E-state index contributed by atoms with van der Waals surface area (Å²) in [5.74, 6) is 0. The van der Waals surface area contributed by atoms with Crippen molar-refractivity contribution >= 4 is 27.0 Å². The number of aryl methyl sites for hydroxylation is 2. The summed E-state index contributed by atoms with van der Waals surface area (Å²) >= 11 is 2.30. The van der Waals surface area contributed by atoms with Crippen molar-refractivity contribution in [2.45, 2.75) is 13.8 Å². The third-order valence-electron chi connectivity index (χ3n) is 2.55. The molecular formula is C10H7N4O2Se. The van der Waals surface area contributed by atoms with Crippen molar-refractivity contribution in [1.29, 1.82) is 5.41 Å². The summed E-state index contributed by atoms with van der Waals surface area (Å²) in [6, 6.07) is 0. The molecule has 6 nitrogen and oxygen atoms in total. The zero-order chi connectivity index (χ0) is 12.7. The van der Waals surface area contributed by atoms with Crippen LogP contribution in [0.4, 0.5) is 0 Å². The molecule has 0 spiro atoms. The van der Waals surface area contributed by atoms with Gasteiger partial charge in [-0.3, -0.25) is 0 Å². The summed E-state index contributed by atoms with van der Waals surface area (Å²) in [4.78, 5) is 24.0. The van der Waals surface area contributed by atoms with Crippen LogP contribution in [0.15, 0.2) is 13.6 Å². The fraction of sp³-hybridized carbons (Fsp3) is 0.200. The number of benzene rings is 1. The Kier molecular flexibility index (Phi) is 2.72. The van der Waals surface area contributed by atoms with Gasteiger partial charge in [0, 0.05) is 0 Å². The number of fused-ring (bicyclic) bond motifs is 1. The van der Waals surface area contributed by atoms with Gasteiger partial charge in [-0.1, -0.05) is 0 Å². The third-order valence-corrected chi connectivity index (χ3v) is 2.93. The van der Waals surface area contributed by atoms with E-state index < -0.39 is 16.2 Å². The van der Waals surface area contributed by atoms with Crippen molar-refractivity contribution in [1.82, 2.24) is 10.2 Å². The molecule has 0 amide bonds. The second-order valence-electron chi connectivity index (χ2n) is 3.59. The topological polar surface area (TPSA) is 96.1 Å². The second kappa shape index (κ2) is 3.94. The van der Waals surface area contributed by atoms with Crippen molar-refractivity contribution < 1.29 is 0 Å². The summed E-state index contributed by atoms with van der Waals surface area (Å²) in [5.41, 5.74) is -0.270. The molecule has 2 aromatic rings. The molecule has 0 saturated heterocycles. The van der Waals surface area contributed by atoms with Gasteiger partial charge in [-0.05, 0) is 0 Å². The average Bonchev–Trinajstić information content (AvgIpc) is 2.30. The first-order valence-corrected chi connectivity index (χ1v) is 5.48. The molecule has 0 aliphatic rings. The van der Waals surface area contributed by atoms with Crippen LogP contribution in [-0.2, 0) is 0 Å². The molecule has 1 aromatic heterocycles. The van der Waals surface area contributed by atoms with E-state index in [4.69, 9.17) is 5.41 Å². The molecule has 0 aliphatic carbocycles. The molecule has 1 N–H and O–H groups in total. The Bertz CT molecular complexity index is 834. The van der Waals surface area contributed by atoms with Gasteiger partial charge in [-0.15, -0.1) is 0 Å². The van der Waals surface area contributed by atoms with E-state index in [9.17, 15) is 9.59 Å². The number of rotatable bonds is 0. The average molecular weight is 294 g/mol. The van der Waals surface area contributed by atoms with Crippen LogP contribution < -0.4 is 21.6 Å². The number of hydrogen-bond donors (Lipinski definition) is 1. The quantitative estimate of drug-likeness (QED) is 0.586. The molecule has 17 heavy (non-hydrogen) atoms. The summed E-state index contributed by atoms with van der Waals surface area (Å²) in [6.07, 6.45) is 0. The van der Waals surface area contributed by atoms with Crippen molar-refractivity contribution in [3.05, 3.63) is 42.5 Å². The van der Waals surface area contributed by atoms with Crippen LogP contribution in [0.5, 0.6) is 0 Å². The van der Waals surface area contributed by atoms with Gasteiger partial charge in [-0.2, -0.15) is 0 Å². The molecule has 0 aliphatic heterocycles. The molecule has 2 rings (SSSR count). The molecule has 0 saturated carbocycles. The van der Waals surface area contributed by atoms with E-state index in [1.165, 1.54) is 0 Å². The molecule has 0 bridgehead atoms. The van der Waals surface area contributed by atoms with Crippen molar-refractivity contribution in [2.24, 2.45) is 4.01 Å². The number of aromatic nitrogens is 2. The van der Waals surface area contributed by atoms with Crippen LogP contribution in [0.1, 0.15) is 11.4 Å². The van der Waals surface area contributed by atoms with Crippen LogP contribution in [0.2, 0.25) is 0 Å². The molecular weight excluding hydrogens is 287 g/mol. The predicted octanol–water partition coefficient (Wildman–Crippen LogP) is -1.69. The SMILES string of the molecule is Cc1nnc(C)c2c(=O)/c(=N/[Se])c(=N)c(=O)c12. The monoisotopic (exact) mass is 295 g/mol. The Labute approximate surface area is 103 Å². The van der Waals surface area contributed by atoms with Crippen LogP contribution in [-0.4, -0.2) is 26.4 Å². The molecule has 0 atom stereocenters. The van der Waals surface area contributed by atoms with Crippen molar-refractivity contribution in [3.8, 4) is 0 Å². The molecule has 1 radical (unpaired) electrons. The van der Waals surface area contributed by atoms with Crippen LogP contribution >= 0.6 is 0 Å². The first-order valence-electron chi connectivity index (χ1n) is 4.71. The van der Waals surface area contributed by atoms with E-state index in [1.807, 2.05) is 0 Å². The van der Waals surface area contributed by atoms with Gasteiger partial charge in [-0.25, -0.2) is 0 Å². The van der Waals surface area contributed by atoms with Gasteiger partial charge >= 0.3 is 103 Å². The number of nitrogens with zero attached hydrogens (tertiary/aromatic N) is 3. The summed E-state index contributed by atoms with van der Waals surface area (Å²) in [5, 5.41) is 15.0. The molecule has 7 heteroatoms. The summed E-state index contributed by atoms with van der Waals surface area (Å²) < 4.78 is 3.58. The van der Waals surface area contributed by atoms with Crippen molar-refractivity contribution in [2.75, 3.05) is 0 Å². The Morgan fingerprint density at radius 3 is 2.00 bits per heavy atom. The summed E-state index contributed by atoms with van der Waals surface area (Å²) in [7, 11) is 0. The van der Waals surface area contributed by atoms with E-state index in [0.717, 1.165) is 0 Å². The van der Waals surface area contributed by atoms with Gasteiger partial charge in [0.15, 0.2) is 0 Å². The Hall–Kier alpha value is -1.72. The van der Waals surface area contributed by atoms with Gasteiger partial charge in [0.2, 0.25) is 0 Å². The number of nitrogens with one attached hydrogen (secondary N) is 1. The van der Waals surface area contributed by atoms with Crippen molar-refractivity contribution in [3.63, 3.8) is 0 Å². The molecule has 1 heterocycles. The molecule has 1 aromatic carbocycles.